The monoisotopic (exact) mass is 263 g/mol. The normalized spacial score (nSPS) is 10.4. The molecule has 0 radical (unpaired) electrons. The Labute approximate surface area is 111 Å². The lowest BCUT2D eigenvalue weighted by Crippen LogP contribution is -2.12. The van der Waals surface area contributed by atoms with Crippen molar-refractivity contribution in [1.82, 2.24) is 15.2 Å². The van der Waals surface area contributed by atoms with Crippen LogP contribution in [0.5, 0.6) is 0 Å². The fourth-order valence-electron chi connectivity index (χ4n) is 1.40. The topological polar surface area (TPSA) is 62.7 Å². The molecule has 0 saturated heterocycles. The van der Waals surface area contributed by atoms with Crippen LogP contribution >= 0.6 is 11.6 Å². The van der Waals surface area contributed by atoms with Gasteiger partial charge in [0.05, 0.1) is 16.9 Å². The number of nitrogens with one attached hydrogen (secondary N) is 2. The third kappa shape index (κ3) is 3.30. The van der Waals surface area contributed by atoms with Crippen LogP contribution in [0.25, 0.3) is 0 Å². The van der Waals surface area contributed by atoms with E-state index in [1.807, 2.05) is 32.0 Å². The molecule has 0 aliphatic heterocycles. The van der Waals surface area contributed by atoms with Crippen LogP contribution < -0.4 is 10.6 Å². The van der Waals surface area contributed by atoms with Crippen LogP contribution in [0.3, 0.4) is 0 Å². The fraction of sp³-hybridized carbons (Fsp3) is 0.250. The predicted octanol–water partition coefficient (Wildman–Crippen LogP) is 3.09. The van der Waals surface area contributed by atoms with Gasteiger partial charge in [0, 0.05) is 6.04 Å². The highest BCUT2D eigenvalue weighted by atomic mass is 35.5. The second-order valence-electron chi connectivity index (χ2n) is 4.07. The van der Waals surface area contributed by atoms with Gasteiger partial charge >= 0.3 is 0 Å². The number of hydrogen-bond acceptors (Lipinski definition) is 5. The number of halogens is 1. The predicted molar refractivity (Wildman–Crippen MR) is 73.3 cm³/mol. The molecule has 1 aromatic heterocycles. The fourth-order valence-corrected chi connectivity index (χ4v) is 1.59. The molecule has 18 heavy (non-hydrogen) atoms. The van der Waals surface area contributed by atoms with E-state index < -0.39 is 0 Å². The summed E-state index contributed by atoms with van der Waals surface area (Å²) >= 11 is 6.04. The lowest BCUT2D eigenvalue weighted by molar-refractivity contribution is 0.873. The lowest BCUT2D eigenvalue weighted by Gasteiger charge is -2.10. The highest BCUT2D eigenvalue weighted by Crippen LogP contribution is 2.23. The van der Waals surface area contributed by atoms with Crippen molar-refractivity contribution in [3.63, 3.8) is 0 Å². The first-order chi connectivity index (χ1) is 8.65. The van der Waals surface area contributed by atoms with Gasteiger partial charge in [-0.3, -0.25) is 0 Å². The molecule has 0 bridgehead atoms. The van der Waals surface area contributed by atoms with E-state index >= 15 is 0 Å². The van der Waals surface area contributed by atoms with Crippen molar-refractivity contribution in [2.75, 3.05) is 10.6 Å². The molecular formula is C12H14ClN5. The Hall–Kier alpha value is -1.88. The summed E-state index contributed by atoms with van der Waals surface area (Å²) in [6.07, 6.45) is 1.58. The number of para-hydroxylation sites is 1. The Balaban J connectivity index is 2.17. The van der Waals surface area contributed by atoms with Crippen LogP contribution in [-0.2, 0) is 0 Å². The highest BCUT2D eigenvalue weighted by molar-refractivity contribution is 6.33. The van der Waals surface area contributed by atoms with E-state index in [0.717, 1.165) is 5.69 Å². The van der Waals surface area contributed by atoms with Gasteiger partial charge in [-0.05, 0) is 26.0 Å². The summed E-state index contributed by atoms with van der Waals surface area (Å²) in [4.78, 5) is 4.29. The van der Waals surface area contributed by atoms with Gasteiger partial charge in [-0.25, -0.2) is 0 Å². The molecule has 0 fully saturated rings. The average molecular weight is 264 g/mol. The van der Waals surface area contributed by atoms with E-state index in [-0.39, 0.29) is 6.04 Å². The third-order valence-electron chi connectivity index (χ3n) is 2.12. The molecule has 2 N–H and O–H groups in total. The Morgan fingerprint density at radius 1 is 1.22 bits per heavy atom. The van der Waals surface area contributed by atoms with Gasteiger partial charge in [-0.15, -0.1) is 5.10 Å². The number of hydrogen-bond donors (Lipinski definition) is 2. The van der Waals surface area contributed by atoms with E-state index in [9.17, 15) is 0 Å². The van der Waals surface area contributed by atoms with Crippen LogP contribution in [0.4, 0.5) is 17.5 Å². The van der Waals surface area contributed by atoms with E-state index in [4.69, 9.17) is 11.6 Å². The summed E-state index contributed by atoms with van der Waals surface area (Å²) < 4.78 is 0. The van der Waals surface area contributed by atoms with Gasteiger partial charge in [0.2, 0.25) is 5.95 Å². The van der Waals surface area contributed by atoms with Gasteiger partial charge in [0.25, 0.3) is 0 Å². The number of aromatic nitrogens is 3. The molecule has 0 aliphatic rings. The van der Waals surface area contributed by atoms with Gasteiger partial charge in [0.15, 0.2) is 5.82 Å². The number of benzene rings is 1. The molecule has 6 heteroatoms. The Kier molecular flexibility index (Phi) is 3.94. The second-order valence-corrected chi connectivity index (χ2v) is 4.48. The summed E-state index contributed by atoms with van der Waals surface area (Å²) in [5, 5.41) is 14.6. The van der Waals surface area contributed by atoms with E-state index in [2.05, 4.69) is 25.8 Å². The minimum absolute atomic E-state index is 0.287. The van der Waals surface area contributed by atoms with Crippen LogP contribution in [0.2, 0.25) is 5.02 Å². The van der Waals surface area contributed by atoms with E-state index in [0.29, 0.717) is 16.8 Å². The minimum atomic E-state index is 0.287. The molecule has 2 rings (SSSR count). The maximum absolute atomic E-state index is 6.04. The lowest BCUT2D eigenvalue weighted by atomic mass is 10.3. The van der Waals surface area contributed by atoms with Crippen LogP contribution in [0.15, 0.2) is 30.5 Å². The average Bonchev–Trinajstić information content (AvgIpc) is 2.32. The molecule has 5 nitrogen and oxygen atoms in total. The van der Waals surface area contributed by atoms with Gasteiger partial charge in [-0.1, -0.05) is 23.7 Å². The van der Waals surface area contributed by atoms with E-state index in [1.54, 1.807) is 12.3 Å². The molecule has 0 unspecified atom stereocenters. The van der Waals surface area contributed by atoms with Crippen molar-refractivity contribution < 1.29 is 0 Å². The molecule has 1 aromatic carbocycles. The third-order valence-corrected chi connectivity index (χ3v) is 2.45. The maximum Gasteiger partial charge on any atom is 0.249 e. The van der Waals surface area contributed by atoms with E-state index in [1.165, 1.54) is 0 Å². The highest BCUT2D eigenvalue weighted by Gasteiger charge is 2.04. The smallest absolute Gasteiger partial charge is 0.249 e. The van der Waals surface area contributed by atoms with Crippen molar-refractivity contribution in [3.05, 3.63) is 35.5 Å². The first-order valence-corrected chi connectivity index (χ1v) is 6.01. The first kappa shape index (κ1) is 12.6. The Bertz CT molecular complexity index is 529. The van der Waals surface area contributed by atoms with Crippen LogP contribution in [0.1, 0.15) is 13.8 Å². The zero-order chi connectivity index (χ0) is 13.0. The standard InChI is InChI=1S/C12H14ClN5/c1-8(2)15-11-7-14-18-12(17-11)16-10-6-4-3-5-9(10)13/h3-8H,1-2H3,(H2,15,16,17,18). The summed E-state index contributed by atoms with van der Waals surface area (Å²) in [5.74, 6) is 1.09. The SMILES string of the molecule is CC(C)Nc1cnnc(Nc2ccccc2Cl)n1. The molecule has 0 aliphatic carbocycles. The summed E-state index contributed by atoms with van der Waals surface area (Å²) in [5.41, 5.74) is 0.752. The molecule has 1 heterocycles. The molecule has 0 spiro atoms. The summed E-state index contributed by atoms with van der Waals surface area (Å²) in [6.45, 7) is 4.06. The molecule has 94 valence electrons. The van der Waals surface area contributed by atoms with Crippen molar-refractivity contribution in [2.45, 2.75) is 19.9 Å². The zero-order valence-electron chi connectivity index (χ0n) is 10.2. The molecule has 2 aromatic rings. The quantitative estimate of drug-likeness (QED) is 0.888. The summed E-state index contributed by atoms with van der Waals surface area (Å²) in [6, 6.07) is 7.69. The molecular weight excluding hydrogens is 250 g/mol. The van der Waals surface area contributed by atoms with Crippen molar-refractivity contribution in [1.29, 1.82) is 0 Å². The van der Waals surface area contributed by atoms with Crippen LogP contribution in [-0.4, -0.2) is 21.2 Å². The molecule has 0 amide bonds. The summed E-state index contributed by atoms with van der Waals surface area (Å²) in [7, 11) is 0. The van der Waals surface area contributed by atoms with Gasteiger partial charge < -0.3 is 10.6 Å². The Morgan fingerprint density at radius 3 is 2.72 bits per heavy atom. The van der Waals surface area contributed by atoms with Crippen LogP contribution in [0, 0.1) is 0 Å². The second kappa shape index (κ2) is 5.64. The first-order valence-electron chi connectivity index (χ1n) is 5.63. The maximum atomic E-state index is 6.04. The molecule has 0 saturated carbocycles. The minimum Gasteiger partial charge on any atom is -0.366 e. The largest absolute Gasteiger partial charge is 0.366 e. The zero-order valence-corrected chi connectivity index (χ0v) is 10.9. The van der Waals surface area contributed by atoms with Crippen molar-refractivity contribution in [3.8, 4) is 0 Å². The van der Waals surface area contributed by atoms with Gasteiger partial charge in [0.1, 0.15) is 0 Å². The number of anilines is 3. The van der Waals surface area contributed by atoms with Gasteiger partial charge in [-0.2, -0.15) is 10.1 Å². The Morgan fingerprint density at radius 2 is 2.00 bits per heavy atom. The number of nitrogens with zero attached hydrogens (tertiary/aromatic N) is 3. The van der Waals surface area contributed by atoms with Crippen molar-refractivity contribution >= 4 is 29.1 Å². The number of rotatable bonds is 4. The molecule has 0 atom stereocenters. The van der Waals surface area contributed by atoms with Crippen molar-refractivity contribution in [2.24, 2.45) is 0 Å².